The van der Waals surface area contributed by atoms with E-state index in [4.69, 9.17) is 11.0 Å². The lowest BCUT2D eigenvalue weighted by Crippen LogP contribution is -2.14. The molecule has 0 aliphatic rings. The Morgan fingerprint density at radius 2 is 2.29 bits per heavy atom. The number of nitrogens with two attached hydrogens (primary N) is 1. The SMILES string of the molecule is N#Cc1cccc(NC(=O)c2n[nH]nc2N)c1. The number of nitriles is 1. The van der Waals surface area contributed by atoms with Gasteiger partial charge in [0.15, 0.2) is 11.5 Å². The van der Waals surface area contributed by atoms with Crippen LogP contribution in [0.5, 0.6) is 0 Å². The topological polar surface area (TPSA) is 120 Å². The largest absolute Gasteiger partial charge is 0.380 e. The summed E-state index contributed by atoms with van der Waals surface area (Å²) in [6.45, 7) is 0. The van der Waals surface area contributed by atoms with E-state index < -0.39 is 5.91 Å². The van der Waals surface area contributed by atoms with Crippen LogP contribution >= 0.6 is 0 Å². The van der Waals surface area contributed by atoms with E-state index in [-0.39, 0.29) is 11.5 Å². The zero-order chi connectivity index (χ0) is 12.3. The molecule has 0 aliphatic heterocycles. The number of carbonyl (C=O) groups is 1. The number of benzene rings is 1. The van der Waals surface area contributed by atoms with Gasteiger partial charge in [0.25, 0.3) is 5.91 Å². The van der Waals surface area contributed by atoms with E-state index >= 15 is 0 Å². The number of amides is 1. The lowest BCUT2D eigenvalue weighted by molar-refractivity contribution is 0.102. The molecule has 1 aromatic heterocycles. The van der Waals surface area contributed by atoms with Crippen molar-refractivity contribution in [2.45, 2.75) is 0 Å². The van der Waals surface area contributed by atoms with E-state index in [0.717, 1.165) is 0 Å². The number of hydrogen-bond acceptors (Lipinski definition) is 5. The third kappa shape index (κ3) is 2.21. The summed E-state index contributed by atoms with van der Waals surface area (Å²) < 4.78 is 0. The lowest BCUT2D eigenvalue weighted by Gasteiger charge is -2.02. The minimum atomic E-state index is -0.480. The van der Waals surface area contributed by atoms with E-state index in [1.54, 1.807) is 24.3 Å². The maximum atomic E-state index is 11.7. The molecule has 0 atom stereocenters. The third-order valence-electron chi connectivity index (χ3n) is 2.04. The second kappa shape index (κ2) is 4.32. The first-order chi connectivity index (χ1) is 8.20. The number of rotatable bonds is 2. The van der Waals surface area contributed by atoms with Crippen molar-refractivity contribution in [2.24, 2.45) is 0 Å². The van der Waals surface area contributed by atoms with Gasteiger partial charge < -0.3 is 11.1 Å². The Hall–Kier alpha value is -2.88. The molecule has 0 radical (unpaired) electrons. The van der Waals surface area contributed by atoms with Crippen LogP contribution in [0.1, 0.15) is 16.1 Å². The van der Waals surface area contributed by atoms with E-state index in [1.165, 1.54) is 0 Å². The van der Waals surface area contributed by atoms with E-state index in [0.29, 0.717) is 11.3 Å². The van der Waals surface area contributed by atoms with Crippen LogP contribution in [0.2, 0.25) is 0 Å². The monoisotopic (exact) mass is 228 g/mol. The third-order valence-corrected chi connectivity index (χ3v) is 2.04. The van der Waals surface area contributed by atoms with Gasteiger partial charge in [0.1, 0.15) is 0 Å². The summed E-state index contributed by atoms with van der Waals surface area (Å²) in [5.41, 5.74) is 6.41. The molecule has 7 heteroatoms. The predicted octanol–water partition coefficient (Wildman–Crippen LogP) is 0.511. The molecule has 0 aliphatic carbocycles. The smallest absolute Gasteiger partial charge is 0.280 e. The second-order valence-electron chi connectivity index (χ2n) is 3.20. The van der Waals surface area contributed by atoms with Crippen molar-refractivity contribution in [1.82, 2.24) is 15.4 Å². The van der Waals surface area contributed by atoms with E-state index in [2.05, 4.69) is 20.7 Å². The highest BCUT2D eigenvalue weighted by atomic mass is 16.2. The molecule has 0 bridgehead atoms. The average molecular weight is 228 g/mol. The molecule has 0 spiro atoms. The molecular weight excluding hydrogens is 220 g/mol. The predicted molar refractivity (Wildman–Crippen MR) is 59.9 cm³/mol. The van der Waals surface area contributed by atoms with Gasteiger partial charge in [-0.3, -0.25) is 4.79 Å². The van der Waals surface area contributed by atoms with Crippen LogP contribution in [0.25, 0.3) is 0 Å². The Labute approximate surface area is 96.2 Å². The van der Waals surface area contributed by atoms with Crippen LogP contribution < -0.4 is 11.1 Å². The molecule has 2 aromatic rings. The Morgan fingerprint density at radius 1 is 1.47 bits per heavy atom. The first-order valence-corrected chi connectivity index (χ1v) is 4.68. The van der Waals surface area contributed by atoms with Crippen LogP contribution in [0.15, 0.2) is 24.3 Å². The Balaban J connectivity index is 2.19. The molecule has 17 heavy (non-hydrogen) atoms. The highest BCUT2D eigenvalue weighted by Gasteiger charge is 2.14. The summed E-state index contributed by atoms with van der Waals surface area (Å²) in [5, 5.41) is 20.7. The summed E-state index contributed by atoms with van der Waals surface area (Å²) in [5.74, 6) is -0.453. The van der Waals surface area contributed by atoms with E-state index in [9.17, 15) is 4.79 Å². The number of nitrogens with zero attached hydrogens (tertiary/aromatic N) is 3. The second-order valence-corrected chi connectivity index (χ2v) is 3.20. The summed E-state index contributed by atoms with van der Waals surface area (Å²) in [6, 6.07) is 8.49. The highest BCUT2D eigenvalue weighted by Crippen LogP contribution is 2.12. The maximum absolute atomic E-state index is 11.7. The average Bonchev–Trinajstić information content (AvgIpc) is 2.76. The molecule has 0 unspecified atom stereocenters. The van der Waals surface area contributed by atoms with Crippen LogP contribution in [0.3, 0.4) is 0 Å². The van der Waals surface area contributed by atoms with Gasteiger partial charge in [0, 0.05) is 5.69 Å². The standard InChI is InChI=1S/C10H8N6O/c11-5-6-2-1-3-7(4-6)13-10(17)8-9(12)15-16-14-8/h1-4H,(H,13,17)(H3,12,14,15,16). The molecule has 7 nitrogen and oxygen atoms in total. The number of hydrogen-bond donors (Lipinski definition) is 3. The van der Waals surface area contributed by atoms with Gasteiger partial charge in [-0.1, -0.05) is 6.07 Å². The van der Waals surface area contributed by atoms with Crippen molar-refractivity contribution in [2.75, 3.05) is 11.1 Å². The number of aromatic amines is 1. The molecule has 1 aromatic carbocycles. The van der Waals surface area contributed by atoms with Gasteiger partial charge in [-0.05, 0) is 18.2 Å². The summed E-state index contributed by atoms with van der Waals surface area (Å²) in [7, 11) is 0. The number of aromatic nitrogens is 3. The van der Waals surface area contributed by atoms with E-state index in [1.807, 2.05) is 6.07 Å². The summed E-state index contributed by atoms with van der Waals surface area (Å²) in [6.07, 6.45) is 0. The van der Waals surface area contributed by atoms with Gasteiger partial charge in [-0.25, -0.2) is 0 Å². The lowest BCUT2D eigenvalue weighted by atomic mass is 10.2. The minimum absolute atomic E-state index is 0.0207. The molecule has 0 fully saturated rings. The number of H-pyrrole nitrogens is 1. The molecule has 1 heterocycles. The minimum Gasteiger partial charge on any atom is -0.380 e. The molecule has 2 rings (SSSR count). The van der Waals surface area contributed by atoms with Crippen molar-refractivity contribution in [3.8, 4) is 6.07 Å². The number of anilines is 2. The zero-order valence-corrected chi connectivity index (χ0v) is 8.64. The zero-order valence-electron chi connectivity index (χ0n) is 8.64. The molecule has 0 saturated heterocycles. The normalized spacial score (nSPS) is 9.59. The van der Waals surface area contributed by atoms with Crippen LogP contribution in [0.4, 0.5) is 11.5 Å². The van der Waals surface area contributed by atoms with Crippen molar-refractivity contribution in [1.29, 1.82) is 5.26 Å². The Bertz CT molecular complexity index is 597. The van der Waals surface area contributed by atoms with Gasteiger partial charge in [0.05, 0.1) is 11.6 Å². The molecular formula is C10H8N6O. The fourth-order valence-corrected chi connectivity index (χ4v) is 1.26. The van der Waals surface area contributed by atoms with Gasteiger partial charge in [-0.15, -0.1) is 10.2 Å². The van der Waals surface area contributed by atoms with Gasteiger partial charge in [0.2, 0.25) is 0 Å². The number of nitrogen functional groups attached to an aromatic ring is 1. The number of carbonyl (C=O) groups excluding carboxylic acids is 1. The van der Waals surface area contributed by atoms with Crippen LogP contribution in [-0.2, 0) is 0 Å². The maximum Gasteiger partial charge on any atom is 0.280 e. The summed E-state index contributed by atoms with van der Waals surface area (Å²) >= 11 is 0. The molecule has 84 valence electrons. The van der Waals surface area contributed by atoms with Crippen molar-refractivity contribution >= 4 is 17.4 Å². The quantitative estimate of drug-likeness (QED) is 0.691. The van der Waals surface area contributed by atoms with Crippen LogP contribution in [-0.4, -0.2) is 21.3 Å². The van der Waals surface area contributed by atoms with Crippen LogP contribution in [0, 0.1) is 11.3 Å². The first kappa shape index (κ1) is 10.6. The van der Waals surface area contributed by atoms with Crippen molar-refractivity contribution in [3.05, 3.63) is 35.5 Å². The molecule has 1 amide bonds. The fraction of sp³-hybridized carbons (Fsp3) is 0. The summed E-state index contributed by atoms with van der Waals surface area (Å²) in [4.78, 5) is 11.7. The fourth-order valence-electron chi connectivity index (χ4n) is 1.26. The van der Waals surface area contributed by atoms with Gasteiger partial charge in [-0.2, -0.15) is 10.5 Å². The Morgan fingerprint density at radius 3 is 2.94 bits per heavy atom. The van der Waals surface area contributed by atoms with Crippen molar-refractivity contribution < 1.29 is 4.79 Å². The first-order valence-electron chi connectivity index (χ1n) is 4.68. The number of nitrogens with one attached hydrogen (secondary N) is 2. The molecule has 4 N–H and O–H groups in total. The Kier molecular flexibility index (Phi) is 2.70. The van der Waals surface area contributed by atoms with Crippen molar-refractivity contribution in [3.63, 3.8) is 0 Å². The highest BCUT2D eigenvalue weighted by molar-refractivity contribution is 6.05. The molecule has 0 saturated carbocycles. The van der Waals surface area contributed by atoms with Gasteiger partial charge >= 0.3 is 0 Å².